The lowest BCUT2D eigenvalue weighted by molar-refractivity contribution is -0.386. The minimum absolute atomic E-state index is 0.0108. The van der Waals surface area contributed by atoms with Crippen LogP contribution in [-0.4, -0.2) is 33.3 Å². The Morgan fingerprint density at radius 1 is 1.30 bits per heavy atom. The van der Waals surface area contributed by atoms with Gasteiger partial charge in [-0.1, -0.05) is 0 Å². The summed E-state index contributed by atoms with van der Waals surface area (Å²) < 4.78 is 4.91. The van der Waals surface area contributed by atoms with E-state index in [1.54, 1.807) is 0 Å². The summed E-state index contributed by atoms with van der Waals surface area (Å²) >= 11 is 0. The fourth-order valence-corrected chi connectivity index (χ4v) is 1.92. The predicted octanol–water partition coefficient (Wildman–Crippen LogP) is 2.16. The highest BCUT2D eigenvalue weighted by molar-refractivity contribution is 5.83. The first-order valence-corrected chi connectivity index (χ1v) is 6.57. The van der Waals surface area contributed by atoms with E-state index in [1.165, 1.54) is 25.5 Å². The van der Waals surface area contributed by atoms with Crippen molar-refractivity contribution in [3.05, 3.63) is 45.3 Å². The first-order chi connectivity index (χ1) is 10.9. The largest absolute Gasteiger partial charge is 0.500 e. The molecule has 2 aromatic rings. The van der Waals surface area contributed by atoms with Gasteiger partial charge in [-0.3, -0.25) is 10.1 Å². The Balaban J connectivity index is 2.25. The van der Waals surface area contributed by atoms with Gasteiger partial charge in [0.15, 0.2) is 5.75 Å². The second kappa shape index (κ2) is 6.69. The number of aromatic nitrogens is 2. The number of nitro benzene ring substituents is 1. The van der Waals surface area contributed by atoms with E-state index in [0.717, 1.165) is 11.4 Å². The smallest absolute Gasteiger partial charge is 0.315 e. The van der Waals surface area contributed by atoms with Gasteiger partial charge in [0.2, 0.25) is 11.7 Å². The van der Waals surface area contributed by atoms with Gasteiger partial charge >= 0.3 is 5.69 Å². The number of nitrogens with zero attached hydrogens (tertiary/aromatic N) is 4. The third-order valence-corrected chi connectivity index (χ3v) is 2.85. The van der Waals surface area contributed by atoms with Crippen LogP contribution in [0.1, 0.15) is 17.0 Å². The number of phenolic OH excluding ortho intramolecular Hbond substituents is 1. The van der Waals surface area contributed by atoms with Gasteiger partial charge in [-0.2, -0.15) is 5.10 Å². The molecule has 9 nitrogen and oxygen atoms in total. The molecule has 1 heterocycles. The number of nitrogens with one attached hydrogen (secondary N) is 1. The Morgan fingerprint density at radius 2 is 1.96 bits per heavy atom. The normalized spacial score (nSPS) is 10.7. The molecule has 0 aliphatic heterocycles. The lowest BCUT2D eigenvalue weighted by atomic mass is 10.2. The lowest BCUT2D eigenvalue weighted by Gasteiger charge is -2.05. The molecule has 0 aliphatic rings. The third-order valence-electron chi connectivity index (χ3n) is 2.85. The van der Waals surface area contributed by atoms with E-state index >= 15 is 0 Å². The van der Waals surface area contributed by atoms with Crippen molar-refractivity contribution >= 4 is 17.9 Å². The number of ether oxygens (including phenoxy) is 1. The maximum absolute atomic E-state index is 10.9. The van der Waals surface area contributed by atoms with Crippen molar-refractivity contribution in [2.24, 2.45) is 5.10 Å². The molecular weight excluding hydrogens is 302 g/mol. The van der Waals surface area contributed by atoms with E-state index in [9.17, 15) is 15.2 Å². The van der Waals surface area contributed by atoms with Gasteiger partial charge in [-0.15, -0.1) is 0 Å². The molecule has 0 amide bonds. The molecule has 23 heavy (non-hydrogen) atoms. The van der Waals surface area contributed by atoms with Crippen molar-refractivity contribution in [3.8, 4) is 11.5 Å². The van der Waals surface area contributed by atoms with E-state index in [2.05, 4.69) is 20.5 Å². The quantitative estimate of drug-likeness (QED) is 0.492. The lowest BCUT2D eigenvalue weighted by Crippen LogP contribution is -2.00. The first-order valence-electron chi connectivity index (χ1n) is 6.57. The van der Waals surface area contributed by atoms with Gasteiger partial charge in [-0.25, -0.2) is 15.4 Å². The van der Waals surface area contributed by atoms with Crippen LogP contribution < -0.4 is 10.2 Å². The Labute approximate surface area is 131 Å². The summed E-state index contributed by atoms with van der Waals surface area (Å²) in [6.07, 6.45) is 1.34. The maximum Gasteiger partial charge on any atom is 0.315 e. The molecule has 0 radical (unpaired) electrons. The number of methoxy groups -OCH3 is 1. The van der Waals surface area contributed by atoms with Gasteiger partial charge < -0.3 is 9.84 Å². The number of benzene rings is 1. The van der Waals surface area contributed by atoms with Crippen LogP contribution in [0, 0.1) is 24.0 Å². The summed E-state index contributed by atoms with van der Waals surface area (Å²) in [5, 5.41) is 24.6. The molecule has 0 saturated carbocycles. The van der Waals surface area contributed by atoms with Gasteiger partial charge in [-0.05, 0) is 26.0 Å². The van der Waals surface area contributed by atoms with E-state index in [1.807, 2.05) is 19.9 Å². The average Bonchev–Trinajstić information content (AvgIpc) is 2.47. The van der Waals surface area contributed by atoms with Crippen LogP contribution >= 0.6 is 0 Å². The minimum Gasteiger partial charge on any atom is -0.500 e. The van der Waals surface area contributed by atoms with Gasteiger partial charge in [0.25, 0.3) is 0 Å². The van der Waals surface area contributed by atoms with Crippen molar-refractivity contribution in [3.63, 3.8) is 0 Å². The first kappa shape index (κ1) is 16.1. The molecule has 2 rings (SSSR count). The molecule has 0 unspecified atom stereocenters. The molecule has 2 N–H and O–H groups in total. The zero-order chi connectivity index (χ0) is 17.0. The van der Waals surface area contributed by atoms with Crippen molar-refractivity contribution in [1.82, 2.24) is 9.97 Å². The van der Waals surface area contributed by atoms with Crippen LogP contribution in [0.2, 0.25) is 0 Å². The second-order valence-corrected chi connectivity index (χ2v) is 4.69. The number of aromatic hydroxyl groups is 1. The summed E-state index contributed by atoms with van der Waals surface area (Å²) in [5.41, 5.74) is 4.14. The van der Waals surface area contributed by atoms with E-state index in [-0.39, 0.29) is 5.75 Å². The minimum atomic E-state index is -0.699. The molecule has 0 bridgehead atoms. The monoisotopic (exact) mass is 317 g/mol. The van der Waals surface area contributed by atoms with Crippen molar-refractivity contribution in [2.75, 3.05) is 12.5 Å². The zero-order valence-corrected chi connectivity index (χ0v) is 12.8. The van der Waals surface area contributed by atoms with Crippen LogP contribution in [0.3, 0.4) is 0 Å². The molecule has 0 saturated heterocycles. The number of hydrogen-bond donors (Lipinski definition) is 2. The van der Waals surface area contributed by atoms with Crippen LogP contribution in [0.4, 0.5) is 11.6 Å². The van der Waals surface area contributed by atoms with E-state index < -0.39 is 16.4 Å². The average molecular weight is 317 g/mol. The van der Waals surface area contributed by atoms with Crippen LogP contribution in [0.5, 0.6) is 11.5 Å². The fraction of sp³-hybridized carbons (Fsp3) is 0.214. The summed E-state index contributed by atoms with van der Waals surface area (Å²) in [7, 11) is 1.31. The van der Waals surface area contributed by atoms with Crippen molar-refractivity contribution in [2.45, 2.75) is 13.8 Å². The second-order valence-electron chi connectivity index (χ2n) is 4.69. The molecule has 0 fully saturated rings. The number of hydrazone groups is 1. The molecule has 9 heteroatoms. The van der Waals surface area contributed by atoms with Crippen molar-refractivity contribution < 1.29 is 14.8 Å². The molecule has 1 aromatic heterocycles. The molecule has 0 aliphatic carbocycles. The Morgan fingerprint density at radius 3 is 2.52 bits per heavy atom. The standard InChI is InChI=1S/C14H15N5O4/c1-8-4-9(2)17-14(16-8)18-15-7-10-5-11(19(21)22)13(20)12(6-10)23-3/h4-7,20H,1-3H3,(H,16,17,18)/b15-7-. The summed E-state index contributed by atoms with van der Waals surface area (Å²) in [5.74, 6) is -0.220. The fourth-order valence-electron chi connectivity index (χ4n) is 1.92. The number of hydrogen-bond acceptors (Lipinski definition) is 8. The summed E-state index contributed by atoms with van der Waals surface area (Å²) in [4.78, 5) is 18.5. The molecule has 1 aromatic carbocycles. The topological polar surface area (TPSA) is 123 Å². The van der Waals surface area contributed by atoms with Crippen molar-refractivity contribution in [1.29, 1.82) is 0 Å². The molecule has 0 atom stereocenters. The number of anilines is 1. The SMILES string of the molecule is COc1cc(/C=N\Nc2nc(C)cc(C)n2)cc([N+](=O)[O-])c1O. The number of nitro groups is 1. The predicted molar refractivity (Wildman–Crippen MR) is 84.0 cm³/mol. The highest BCUT2D eigenvalue weighted by Crippen LogP contribution is 2.36. The summed E-state index contributed by atoms with van der Waals surface area (Å²) in [6.45, 7) is 3.66. The highest BCUT2D eigenvalue weighted by Gasteiger charge is 2.19. The van der Waals surface area contributed by atoms with E-state index in [0.29, 0.717) is 11.5 Å². The number of phenols is 1. The van der Waals surface area contributed by atoms with Gasteiger partial charge in [0, 0.05) is 23.0 Å². The zero-order valence-electron chi connectivity index (χ0n) is 12.8. The third kappa shape index (κ3) is 3.90. The number of aryl methyl sites for hydroxylation is 2. The van der Waals surface area contributed by atoms with Gasteiger partial charge in [0.05, 0.1) is 18.2 Å². The molecule has 120 valence electrons. The van der Waals surface area contributed by atoms with Crippen LogP contribution in [0.25, 0.3) is 0 Å². The van der Waals surface area contributed by atoms with Gasteiger partial charge in [0.1, 0.15) is 0 Å². The van der Waals surface area contributed by atoms with E-state index in [4.69, 9.17) is 4.74 Å². The van der Waals surface area contributed by atoms with Crippen LogP contribution in [0.15, 0.2) is 23.3 Å². The Hall–Kier alpha value is -3.23. The van der Waals surface area contributed by atoms with Crippen LogP contribution in [-0.2, 0) is 0 Å². The Kier molecular flexibility index (Phi) is 4.69. The highest BCUT2D eigenvalue weighted by atomic mass is 16.6. The summed E-state index contributed by atoms with van der Waals surface area (Å²) in [6, 6.07) is 4.43. The number of rotatable bonds is 5. The molecular formula is C14H15N5O4. The Bertz CT molecular complexity index is 756. The molecule has 0 spiro atoms. The maximum atomic E-state index is 10.9.